The zero-order valence-electron chi connectivity index (χ0n) is 13.3. The van der Waals surface area contributed by atoms with Gasteiger partial charge in [0.15, 0.2) is 0 Å². The van der Waals surface area contributed by atoms with E-state index in [2.05, 4.69) is 4.98 Å². The fourth-order valence-corrected chi connectivity index (χ4v) is 4.27. The molecule has 0 spiro atoms. The van der Waals surface area contributed by atoms with Crippen LogP contribution in [0.15, 0.2) is 41.3 Å². The van der Waals surface area contributed by atoms with Gasteiger partial charge in [-0.2, -0.15) is 13.2 Å². The van der Waals surface area contributed by atoms with Gasteiger partial charge < -0.3 is 5.73 Å². The van der Waals surface area contributed by atoms with Crippen LogP contribution in [0.5, 0.6) is 0 Å². The molecule has 1 aromatic carbocycles. The standard InChI is InChI=1S/C16H14F3N3O3S/c17-16(18,19)11-4-1-5-12(9-11)26(24,25)22-8-2-3-10-6-7-13(14(20)23)21-15(10)22/h1,4-7,9H,2-3,8H2,(H2,20,23). The Morgan fingerprint density at radius 1 is 1.19 bits per heavy atom. The summed E-state index contributed by atoms with van der Waals surface area (Å²) in [6.45, 7) is 0.0425. The summed E-state index contributed by atoms with van der Waals surface area (Å²) >= 11 is 0. The van der Waals surface area contributed by atoms with Crippen LogP contribution in [-0.4, -0.2) is 25.9 Å². The number of halogens is 3. The van der Waals surface area contributed by atoms with Crippen LogP contribution in [0.3, 0.4) is 0 Å². The molecule has 138 valence electrons. The van der Waals surface area contributed by atoms with Crippen LogP contribution < -0.4 is 10.0 Å². The molecule has 0 radical (unpaired) electrons. The number of nitrogens with two attached hydrogens (primary N) is 1. The van der Waals surface area contributed by atoms with Gasteiger partial charge in [-0.25, -0.2) is 17.7 Å². The summed E-state index contributed by atoms with van der Waals surface area (Å²) in [5.41, 5.74) is 4.59. The lowest BCUT2D eigenvalue weighted by Crippen LogP contribution is -2.37. The number of carbonyl (C=O) groups is 1. The number of alkyl halides is 3. The number of pyridine rings is 1. The zero-order chi connectivity index (χ0) is 19.1. The summed E-state index contributed by atoms with van der Waals surface area (Å²) in [6.07, 6.45) is -3.65. The Labute approximate surface area is 147 Å². The molecule has 0 atom stereocenters. The third-order valence-electron chi connectivity index (χ3n) is 4.00. The average Bonchev–Trinajstić information content (AvgIpc) is 2.60. The van der Waals surface area contributed by atoms with E-state index >= 15 is 0 Å². The van der Waals surface area contributed by atoms with E-state index in [1.807, 2.05) is 0 Å². The second-order valence-electron chi connectivity index (χ2n) is 5.75. The first-order valence-corrected chi connectivity index (χ1v) is 9.04. The quantitative estimate of drug-likeness (QED) is 0.878. The number of hydrogen-bond acceptors (Lipinski definition) is 4. The van der Waals surface area contributed by atoms with Crippen molar-refractivity contribution in [3.63, 3.8) is 0 Å². The van der Waals surface area contributed by atoms with Gasteiger partial charge in [0.25, 0.3) is 15.9 Å². The predicted molar refractivity (Wildman–Crippen MR) is 87.1 cm³/mol. The van der Waals surface area contributed by atoms with Gasteiger partial charge in [0.2, 0.25) is 0 Å². The lowest BCUT2D eigenvalue weighted by Gasteiger charge is -2.29. The molecule has 3 rings (SSSR count). The van der Waals surface area contributed by atoms with Crippen LogP contribution in [-0.2, 0) is 22.6 Å². The minimum absolute atomic E-state index is 0.0185. The number of aryl methyl sites for hydroxylation is 1. The van der Waals surface area contributed by atoms with Gasteiger partial charge in [-0.15, -0.1) is 0 Å². The summed E-state index contributed by atoms with van der Waals surface area (Å²) in [6, 6.07) is 6.45. The Morgan fingerprint density at radius 3 is 2.58 bits per heavy atom. The molecule has 6 nitrogen and oxygen atoms in total. The van der Waals surface area contributed by atoms with Crippen molar-refractivity contribution >= 4 is 21.7 Å². The Kier molecular flexibility index (Phi) is 4.39. The van der Waals surface area contributed by atoms with Gasteiger partial charge in [0, 0.05) is 6.54 Å². The first kappa shape index (κ1) is 18.2. The lowest BCUT2D eigenvalue weighted by molar-refractivity contribution is -0.137. The summed E-state index contributed by atoms with van der Waals surface area (Å²) in [5, 5.41) is 0. The van der Waals surface area contributed by atoms with Crippen molar-refractivity contribution in [2.75, 3.05) is 10.8 Å². The number of amides is 1. The average molecular weight is 385 g/mol. The second-order valence-corrected chi connectivity index (χ2v) is 7.61. The summed E-state index contributed by atoms with van der Waals surface area (Å²) in [4.78, 5) is 14.8. The SMILES string of the molecule is NC(=O)c1ccc2c(n1)N(S(=O)(=O)c1cccc(C(F)(F)F)c1)CCC2. The van der Waals surface area contributed by atoms with Gasteiger partial charge in [-0.1, -0.05) is 12.1 Å². The molecule has 2 N–H and O–H groups in total. The van der Waals surface area contributed by atoms with E-state index in [4.69, 9.17) is 5.73 Å². The van der Waals surface area contributed by atoms with Crippen molar-refractivity contribution in [2.24, 2.45) is 5.73 Å². The Hall–Kier alpha value is -2.62. The molecule has 10 heteroatoms. The fraction of sp³-hybridized carbons (Fsp3) is 0.250. The number of anilines is 1. The second kappa shape index (κ2) is 6.27. The monoisotopic (exact) mass is 385 g/mol. The van der Waals surface area contributed by atoms with Crippen molar-refractivity contribution in [1.29, 1.82) is 0 Å². The molecule has 0 fully saturated rings. The first-order chi connectivity index (χ1) is 12.1. The Morgan fingerprint density at radius 2 is 1.92 bits per heavy atom. The van der Waals surface area contributed by atoms with Gasteiger partial charge in [-0.05, 0) is 42.7 Å². The third-order valence-corrected chi connectivity index (χ3v) is 5.79. The number of aromatic nitrogens is 1. The highest BCUT2D eigenvalue weighted by atomic mass is 32.2. The van der Waals surface area contributed by atoms with E-state index in [1.54, 1.807) is 6.07 Å². The van der Waals surface area contributed by atoms with Gasteiger partial charge in [0.1, 0.15) is 11.5 Å². The number of rotatable bonds is 3. The number of primary amides is 1. The highest BCUT2D eigenvalue weighted by Crippen LogP contribution is 2.34. The van der Waals surface area contributed by atoms with Crippen LogP contribution in [0.4, 0.5) is 19.0 Å². The number of carbonyl (C=O) groups excluding carboxylic acids is 1. The fourth-order valence-electron chi connectivity index (χ4n) is 2.74. The predicted octanol–water partition coefficient (Wildman–Crippen LogP) is 2.34. The van der Waals surface area contributed by atoms with Gasteiger partial charge in [0.05, 0.1) is 10.5 Å². The molecular weight excluding hydrogens is 371 g/mol. The highest BCUT2D eigenvalue weighted by molar-refractivity contribution is 7.92. The topological polar surface area (TPSA) is 93.4 Å². The van der Waals surface area contributed by atoms with E-state index < -0.39 is 32.6 Å². The molecule has 0 saturated carbocycles. The number of fused-ring (bicyclic) bond motifs is 1. The lowest BCUT2D eigenvalue weighted by atomic mass is 10.1. The largest absolute Gasteiger partial charge is 0.416 e. The molecule has 1 amide bonds. The van der Waals surface area contributed by atoms with Gasteiger partial charge in [-0.3, -0.25) is 4.79 Å². The van der Waals surface area contributed by atoms with Crippen molar-refractivity contribution in [3.05, 3.63) is 53.2 Å². The normalized spacial score (nSPS) is 14.8. The summed E-state index contributed by atoms with van der Waals surface area (Å²) in [5.74, 6) is -0.806. The molecule has 1 aromatic heterocycles. The van der Waals surface area contributed by atoms with E-state index in [-0.39, 0.29) is 18.1 Å². The van der Waals surface area contributed by atoms with E-state index in [1.165, 1.54) is 6.07 Å². The molecule has 0 unspecified atom stereocenters. The molecular formula is C16H14F3N3O3S. The zero-order valence-corrected chi connectivity index (χ0v) is 14.1. The summed E-state index contributed by atoms with van der Waals surface area (Å²) < 4.78 is 65.5. The molecule has 0 bridgehead atoms. The van der Waals surface area contributed by atoms with Crippen LogP contribution in [0.1, 0.15) is 28.0 Å². The number of benzene rings is 1. The molecule has 2 heterocycles. The summed E-state index contributed by atoms with van der Waals surface area (Å²) in [7, 11) is -4.28. The first-order valence-electron chi connectivity index (χ1n) is 7.60. The maximum Gasteiger partial charge on any atom is 0.416 e. The maximum atomic E-state index is 12.9. The molecule has 26 heavy (non-hydrogen) atoms. The molecule has 1 aliphatic heterocycles. The third kappa shape index (κ3) is 3.24. The van der Waals surface area contributed by atoms with E-state index in [0.29, 0.717) is 24.5 Å². The number of nitrogens with zero attached hydrogens (tertiary/aromatic N) is 2. The number of sulfonamides is 1. The van der Waals surface area contributed by atoms with Crippen LogP contribution in [0.25, 0.3) is 0 Å². The highest BCUT2D eigenvalue weighted by Gasteiger charge is 2.35. The van der Waals surface area contributed by atoms with Crippen molar-refractivity contribution in [3.8, 4) is 0 Å². The Bertz CT molecular complexity index is 974. The molecule has 1 aliphatic rings. The molecule has 2 aromatic rings. The molecule has 0 saturated heterocycles. The van der Waals surface area contributed by atoms with Crippen molar-refractivity contribution in [1.82, 2.24) is 4.98 Å². The van der Waals surface area contributed by atoms with Crippen molar-refractivity contribution in [2.45, 2.75) is 23.9 Å². The van der Waals surface area contributed by atoms with Crippen LogP contribution >= 0.6 is 0 Å². The maximum absolute atomic E-state index is 12.9. The van der Waals surface area contributed by atoms with Crippen LogP contribution in [0.2, 0.25) is 0 Å². The Balaban J connectivity index is 2.10. The van der Waals surface area contributed by atoms with E-state index in [0.717, 1.165) is 22.5 Å². The number of hydrogen-bond donors (Lipinski definition) is 1. The minimum atomic E-state index is -4.66. The van der Waals surface area contributed by atoms with Gasteiger partial charge >= 0.3 is 6.18 Å². The molecule has 0 aliphatic carbocycles. The van der Waals surface area contributed by atoms with Crippen LogP contribution in [0, 0.1) is 0 Å². The minimum Gasteiger partial charge on any atom is -0.364 e. The van der Waals surface area contributed by atoms with E-state index in [9.17, 15) is 26.4 Å². The van der Waals surface area contributed by atoms with Crippen molar-refractivity contribution < 1.29 is 26.4 Å². The smallest absolute Gasteiger partial charge is 0.364 e.